The summed E-state index contributed by atoms with van der Waals surface area (Å²) in [5.74, 6) is -2.80. The number of rotatable bonds is 8. The van der Waals surface area contributed by atoms with Crippen LogP contribution in [0.4, 0.5) is 0 Å². The van der Waals surface area contributed by atoms with Gasteiger partial charge in [-0.25, -0.2) is 4.79 Å². The molecule has 0 aliphatic carbocycles. The first-order valence-corrected chi connectivity index (χ1v) is 9.28. The van der Waals surface area contributed by atoms with Gasteiger partial charge in [-0.15, -0.1) is 0 Å². The van der Waals surface area contributed by atoms with Crippen molar-refractivity contribution in [2.24, 2.45) is 5.92 Å². The van der Waals surface area contributed by atoms with Crippen LogP contribution in [0.2, 0.25) is 0 Å². The van der Waals surface area contributed by atoms with E-state index in [0.29, 0.717) is 6.42 Å². The Bertz CT molecular complexity index is 1020. The van der Waals surface area contributed by atoms with E-state index in [9.17, 15) is 19.5 Å². The quantitative estimate of drug-likeness (QED) is 0.543. The van der Waals surface area contributed by atoms with E-state index < -0.39 is 29.6 Å². The number of carbonyl (C=O) groups excluding carboxylic acids is 1. The molecule has 3 aromatic rings. The number of carboxylic acids is 1. The van der Waals surface area contributed by atoms with Crippen LogP contribution in [0.3, 0.4) is 0 Å². The summed E-state index contributed by atoms with van der Waals surface area (Å²) in [5, 5.41) is 12.0. The van der Waals surface area contributed by atoms with Gasteiger partial charge in [0.15, 0.2) is 0 Å². The SMILES string of the molecule is C[C@H](CC(Cc1ccc(-c2ccccc2)cc1)NC(=O)c1coc(=O)[nH]1)C(=O)O. The summed E-state index contributed by atoms with van der Waals surface area (Å²) in [7, 11) is 0. The van der Waals surface area contributed by atoms with Gasteiger partial charge in [-0.2, -0.15) is 0 Å². The molecule has 3 rings (SSSR count). The minimum atomic E-state index is -0.930. The number of carbonyl (C=O) groups is 2. The molecule has 0 saturated carbocycles. The third-order valence-electron chi connectivity index (χ3n) is 4.70. The van der Waals surface area contributed by atoms with Gasteiger partial charge >= 0.3 is 11.7 Å². The molecule has 0 aliphatic rings. The Kier molecular flexibility index (Phi) is 6.29. The molecule has 2 atom stereocenters. The van der Waals surface area contributed by atoms with E-state index in [1.165, 1.54) is 0 Å². The molecule has 0 aliphatic heterocycles. The number of hydrogen-bond donors (Lipinski definition) is 3. The Morgan fingerprint density at radius 3 is 2.31 bits per heavy atom. The summed E-state index contributed by atoms with van der Waals surface area (Å²) in [6, 6.07) is 17.5. The van der Waals surface area contributed by atoms with Gasteiger partial charge in [0.25, 0.3) is 5.91 Å². The molecule has 7 nitrogen and oxygen atoms in total. The second-order valence-electron chi connectivity index (χ2n) is 6.97. The Hall–Kier alpha value is -3.61. The Labute approximate surface area is 167 Å². The normalized spacial score (nSPS) is 12.9. The summed E-state index contributed by atoms with van der Waals surface area (Å²) >= 11 is 0. The van der Waals surface area contributed by atoms with Gasteiger partial charge in [0, 0.05) is 6.04 Å². The molecule has 3 N–H and O–H groups in total. The highest BCUT2D eigenvalue weighted by Gasteiger charge is 2.22. The smallest absolute Gasteiger partial charge is 0.416 e. The van der Waals surface area contributed by atoms with Crippen LogP contribution >= 0.6 is 0 Å². The molecular formula is C22H22N2O5. The van der Waals surface area contributed by atoms with Gasteiger partial charge in [0.1, 0.15) is 12.0 Å². The molecule has 2 aromatic carbocycles. The van der Waals surface area contributed by atoms with Gasteiger partial charge in [-0.1, -0.05) is 61.5 Å². The number of oxazole rings is 1. The van der Waals surface area contributed by atoms with Crippen molar-refractivity contribution in [3.63, 3.8) is 0 Å². The highest BCUT2D eigenvalue weighted by molar-refractivity contribution is 5.92. The summed E-state index contributed by atoms with van der Waals surface area (Å²) in [6.07, 6.45) is 1.76. The van der Waals surface area contributed by atoms with Crippen LogP contribution in [0, 0.1) is 5.92 Å². The first-order valence-electron chi connectivity index (χ1n) is 9.28. The fourth-order valence-electron chi connectivity index (χ4n) is 3.12. The van der Waals surface area contributed by atoms with Crippen LogP contribution in [-0.2, 0) is 11.2 Å². The van der Waals surface area contributed by atoms with Crippen LogP contribution in [-0.4, -0.2) is 28.0 Å². The van der Waals surface area contributed by atoms with Crippen molar-refractivity contribution in [2.75, 3.05) is 0 Å². The number of aromatic amines is 1. The molecular weight excluding hydrogens is 372 g/mol. The first kappa shape index (κ1) is 20.1. The van der Waals surface area contributed by atoms with Gasteiger partial charge in [-0.3, -0.25) is 14.6 Å². The molecule has 1 aromatic heterocycles. The molecule has 0 radical (unpaired) electrons. The lowest BCUT2D eigenvalue weighted by atomic mass is 9.95. The standard InChI is InChI=1S/C22H22N2O5/c1-14(21(26)27)11-18(23-20(25)19-13-29-22(28)24-19)12-15-7-9-17(10-8-15)16-5-3-2-4-6-16/h2-10,13-14,18H,11-12H2,1H3,(H,23,25)(H,24,28)(H,26,27)/t14-,18?/m1/s1. The lowest BCUT2D eigenvalue weighted by Gasteiger charge is -2.20. The zero-order chi connectivity index (χ0) is 20.8. The van der Waals surface area contributed by atoms with E-state index in [1.54, 1.807) is 6.92 Å². The highest BCUT2D eigenvalue weighted by atomic mass is 16.4. The van der Waals surface area contributed by atoms with Crippen molar-refractivity contribution in [2.45, 2.75) is 25.8 Å². The van der Waals surface area contributed by atoms with E-state index >= 15 is 0 Å². The first-order chi connectivity index (χ1) is 13.9. The Morgan fingerprint density at radius 2 is 1.72 bits per heavy atom. The van der Waals surface area contributed by atoms with Gasteiger partial charge in [0.2, 0.25) is 0 Å². The minimum Gasteiger partial charge on any atom is -0.481 e. The fraction of sp³-hybridized carbons (Fsp3) is 0.227. The topological polar surface area (TPSA) is 112 Å². The molecule has 0 fully saturated rings. The summed E-state index contributed by atoms with van der Waals surface area (Å²) < 4.78 is 4.59. The number of amides is 1. The van der Waals surface area contributed by atoms with Gasteiger partial charge in [0.05, 0.1) is 5.92 Å². The molecule has 0 spiro atoms. The number of hydrogen-bond acceptors (Lipinski definition) is 4. The monoisotopic (exact) mass is 394 g/mol. The Morgan fingerprint density at radius 1 is 1.07 bits per heavy atom. The number of benzene rings is 2. The number of H-pyrrole nitrogens is 1. The van der Waals surface area contributed by atoms with Crippen LogP contribution in [0.1, 0.15) is 29.4 Å². The lowest BCUT2D eigenvalue weighted by Crippen LogP contribution is -2.39. The van der Waals surface area contributed by atoms with Crippen molar-refractivity contribution < 1.29 is 19.1 Å². The van der Waals surface area contributed by atoms with Gasteiger partial charge < -0.3 is 14.8 Å². The molecule has 0 bridgehead atoms. The number of aromatic nitrogens is 1. The molecule has 29 heavy (non-hydrogen) atoms. The van der Waals surface area contributed by atoms with Crippen LogP contribution < -0.4 is 11.1 Å². The average Bonchev–Trinajstić information content (AvgIpc) is 3.15. The maximum atomic E-state index is 12.4. The summed E-state index contributed by atoms with van der Waals surface area (Å²) in [4.78, 5) is 37.0. The second-order valence-corrected chi connectivity index (χ2v) is 6.97. The Balaban J connectivity index is 1.74. The zero-order valence-electron chi connectivity index (χ0n) is 15.9. The zero-order valence-corrected chi connectivity index (χ0v) is 15.9. The molecule has 1 unspecified atom stereocenters. The van der Waals surface area contributed by atoms with E-state index in [-0.39, 0.29) is 12.1 Å². The third-order valence-corrected chi connectivity index (χ3v) is 4.70. The third kappa shape index (κ3) is 5.44. The maximum absolute atomic E-state index is 12.4. The average molecular weight is 394 g/mol. The van der Waals surface area contributed by atoms with Crippen LogP contribution in [0.5, 0.6) is 0 Å². The predicted molar refractivity (Wildman–Crippen MR) is 108 cm³/mol. The predicted octanol–water partition coefficient (Wildman–Crippen LogP) is 3.09. The molecule has 1 heterocycles. The summed E-state index contributed by atoms with van der Waals surface area (Å²) in [5.41, 5.74) is 3.15. The van der Waals surface area contributed by atoms with Crippen molar-refractivity contribution in [3.8, 4) is 11.1 Å². The fourth-order valence-corrected chi connectivity index (χ4v) is 3.12. The van der Waals surface area contributed by atoms with Crippen molar-refractivity contribution in [3.05, 3.63) is 82.7 Å². The second kappa shape index (κ2) is 9.05. The van der Waals surface area contributed by atoms with Crippen LogP contribution in [0.15, 0.2) is 70.1 Å². The van der Waals surface area contributed by atoms with Gasteiger partial charge in [-0.05, 0) is 29.5 Å². The van der Waals surface area contributed by atoms with Crippen LogP contribution in [0.25, 0.3) is 11.1 Å². The number of carboxylic acid groups (broad SMARTS) is 1. The number of aliphatic carboxylic acids is 1. The molecule has 1 amide bonds. The highest BCUT2D eigenvalue weighted by Crippen LogP contribution is 2.20. The van der Waals surface area contributed by atoms with E-state index in [4.69, 9.17) is 0 Å². The molecule has 0 saturated heterocycles. The summed E-state index contributed by atoms with van der Waals surface area (Å²) in [6.45, 7) is 1.60. The van der Waals surface area contributed by atoms with Crippen molar-refractivity contribution in [1.29, 1.82) is 0 Å². The van der Waals surface area contributed by atoms with Crippen molar-refractivity contribution >= 4 is 11.9 Å². The van der Waals surface area contributed by atoms with E-state index in [0.717, 1.165) is 23.0 Å². The number of nitrogens with one attached hydrogen (secondary N) is 2. The van der Waals surface area contributed by atoms with E-state index in [2.05, 4.69) is 14.7 Å². The van der Waals surface area contributed by atoms with Crippen molar-refractivity contribution in [1.82, 2.24) is 10.3 Å². The van der Waals surface area contributed by atoms with E-state index in [1.807, 2.05) is 54.6 Å². The largest absolute Gasteiger partial charge is 0.481 e. The maximum Gasteiger partial charge on any atom is 0.416 e. The molecule has 7 heteroatoms. The lowest BCUT2D eigenvalue weighted by molar-refractivity contribution is -0.141. The molecule has 150 valence electrons. The minimum absolute atomic E-state index is 0.00223.